The van der Waals surface area contributed by atoms with Gasteiger partial charge in [-0.15, -0.1) is 10.2 Å². The number of likely N-dealkylation sites (N-methyl/N-ethyl adjacent to an activating group) is 1. The summed E-state index contributed by atoms with van der Waals surface area (Å²) in [7, 11) is 3.30. The normalized spacial score (nSPS) is 20.3. The summed E-state index contributed by atoms with van der Waals surface area (Å²) < 4.78 is 10.2. The highest BCUT2D eigenvalue weighted by molar-refractivity contribution is 5.77. The average Bonchev–Trinajstić information content (AvgIpc) is 3.51. The van der Waals surface area contributed by atoms with E-state index in [0.717, 1.165) is 0 Å². The zero-order valence-corrected chi connectivity index (χ0v) is 18.3. The van der Waals surface area contributed by atoms with E-state index in [2.05, 4.69) is 30.8 Å². The van der Waals surface area contributed by atoms with Crippen molar-refractivity contribution in [1.82, 2.24) is 49.7 Å². The summed E-state index contributed by atoms with van der Waals surface area (Å²) in [4.78, 5) is 39.6. The van der Waals surface area contributed by atoms with E-state index in [0.29, 0.717) is 23.5 Å². The van der Waals surface area contributed by atoms with Gasteiger partial charge in [0.25, 0.3) is 5.56 Å². The first-order valence-electron chi connectivity index (χ1n) is 10.2. The van der Waals surface area contributed by atoms with E-state index in [9.17, 15) is 19.5 Å². The zero-order valence-electron chi connectivity index (χ0n) is 18.3. The van der Waals surface area contributed by atoms with E-state index in [1.54, 1.807) is 31.9 Å². The van der Waals surface area contributed by atoms with Gasteiger partial charge in [0.2, 0.25) is 5.91 Å². The molecule has 0 saturated carbocycles. The Kier molecular flexibility index (Phi) is 6.15. The Labute approximate surface area is 186 Å². The summed E-state index contributed by atoms with van der Waals surface area (Å²) in [5.41, 5.74) is -0.140. The summed E-state index contributed by atoms with van der Waals surface area (Å²) in [5.74, 6) is 0.260. The number of amides is 1. The van der Waals surface area contributed by atoms with Crippen molar-refractivity contribution in [3.05, 3.63) is 50.3 Å². The van der Waals surface area contributed by atoms with Gasteiger partial charge in [-0.2, -0.15) is 0 Å². The maximum atomic E-state index is 12.2. The van der Waals surface area contributed by atoms with Crippen molar-refractivity contribution in [3.8, 4) is 0 Å². The molecular weight excluding hydrogens is 436 g/mol. The number of aryl methyl sites for hydroxylation is 1. The molecule has 33 heavy (non-hydrogen) atoms. The molecule has 15 nitrogen and oxygen atoms in total. The van der Waals surface area contributed by atoms with Crippen molar-refractivity contribution in [2.45, 2.75) is 44.7 Å². The van der Waals surface area contributed by atoms with Crippen LogP contribution < -0.4 is 11.2 Å². The first-order valence-corrected chi connectivity index (χ1v) is 10.2. The number of aromatic amines is 1. The van der Waals surface area contributed by atoms with Gasteiger partial charge in [-0.3, -0.25) is 19.1 Å². The highest BCUT2D eigenvalue weighted by Crippen LogP contribution is 2.35. The molecule has 0 spiro atoms. The number of ether oxygens (including phenoxy) is 1. The van der Waals surface area contributed by atoms with Crippen molar-refractivity contribution >= 4 is 5.91 Å². The molecule has 0 unspecified atom stereocenters. The molecule has 1 saturated heterocycles. The molecule has 1 amide bonds. The number of rotatable bonds is 7. The van der Waals surface area contributed by atoms with Crippen LogP contribution in [0.4, 0.5) is 0 Å². The lowest BCUT2D eigenvalue weighted by Crippen LogP contribution is -2.33. The van der Waals surface area contributed by atoms with Crippen LogP contribution in [0.3, 0.4) is 0 Å². The standard InChI is InChI=1S/C18H24N10O5/c1-10-6-26(18(32)19-17(10)31)16-4-12(13(9-29)33-16)27-7-11(20-23-27)8-28-14(21-22-24-28)5-15(30)25(2)3/h6-7,12-13,16,29H,4-5,8-9H2,1-3H3,(H,19,31,32)/t12-,13+,16+/m0/s1. The molecule has 1 aliphatic rings. The molecule has 3 aromatic rings. The summed E-state index contributed by atoms with van der Waals surface area (Å²) in [6.45, 7) is 1.49. The minimum absolute atomic E-state index is 0.0478. The van der Waals surface area contributed by atoms with E-state index in [1.807, 2.05) is 0 Å². The predicted molar refractivity (Wildman–Crippen MR) is 110 cm³/mol. The van der Waals surface area contributed by atoms with Crippen molar-refractivity contribution < 1.29 is 14.6 Å². The van der Waals surface area contributed by atoms with Gasteiger partial charge >= 0.3 is 5.69 Å². The first kappa shape index (κ1) is 22.5. The van der Waals surface area contributed by atoms with E-state index in [-0.39, 0.29) is 25.5 Å². The van der Waals surface area contributed by atoms with Crippen LogP contribution in [0.5, 0.6) is 0 Å². The number of nitrogens with one attached hydrogen (secondary N) is 1. The number of H-pyrrole nitrogens is 1. The fraction of sp³-hybridized carbons (Fsp3) is 0.556. The van der Waals surface area contributed by atoms with Crippen molar-refractivity contribution in [1.29, 1.82) is 0 Å². The molecule has 2 N–H and O–H groups in total. The maximum Gasteiger partial charge on any atom is 0.330 e. The summed E-state index contributed by atoms with van der Waals surface area (Å²) in [5, 5.41) is 29.6. The number of aromatic nitrogens is 9. The van der Waals surface area contributed by atoms with Crippen LogP contribution in [0.15, 0.2) is 22.0 Å². The third-order valence-corrected chi connectivity index (χ3v) is 5.46. The average molecular weight is 460 g/mol. The van der Waals surface area contributed by atoms with Gasteiger partial charge in [-0.05, 0) is 17.4 Å². The monoisotopic (exact) mass is 460 g/mol. The van der Waals surface area contributed by atoms with Gasteiger partial charge in [0.1, 0.15) is 18.0 Å². The van der Waals surface area contributed by atoms with E-state index in [1.165, 1.54) is 20.3 Å². The van der Waals surface area contributed by atoms with Crippen molar-refractivity contribution in [2.24, 2.45) is 0 Å². The van der Waals surface area contributed by atoms with Gasteiger partial charge in [-0.1, -0.05) is 5.21 Å². The van der Waals surface area contributed by atoms with Crippen LogP contribution in [0.25, 0.3) is 0 Å². The topological polar surface area (TPSA) is 179 Å². The number of aliphatic hydroxyl groups excluding tert-OH is 1. The molecule has 4 heterocycles. The fourth-order valence-corrected chi connectivity index (χ4v) is 3.60. The largest absolute Gasteiger partial charge is 0.394 e. The number of aliphatic hydroxyl groups is 1. The van der Waals surface area contributed by atoms with Gasteiger partial charge in [0.05, 0.1) is 31.8 Å². The van der Waals surface area contributed by atoms with Gasteiger partial charge < -0.3 is 14.7 Å². The molecule has 0 aromatic carbocycles. The number of hydrogen-bond donors (Lipinski definition) is 2. The van der Waals surface area contributed by atoms with Crippen LogP contribution in [0.2, 0.25) is 0 Å². The summed E-state index contributed by atoms with van der Waals surface area (Å²) in [6, 6.07) is -0.399. The summed E-state index contributed by atoms with van der Waals surface area (Å²) in [6.07, 6.45) is 2.16. The molecule has 1 aliphatic heterocycles. The Morgan fingerprint density at radius 3 is 2.79 bits per heavy atom. The fourth-order valence-electron chi connectivity index (χ4n) is 3.60. The minimum atomic E-state index is -0.689. The molecule has 4 rings (SSSR count). The number of nitrogens with zero attached hydrogens (tertiary/aromatic N) is 9. The van der Waals surface area contributed by atoms with Crippen LogP contribution in [-0.2, 0) is 22.5 Å². The lowest BCUT2D eigenvalue weighted by atomic mass is 10.1. The number of tetrazole rings is 1. The minimum Gasteiger partial charge on any atom is -0.394 e. The SMILES string of the molecule is Cc1cn([C@H]2C[C@H](n3cc(Cn4nnnc4CC(=O)N(C)C)nn3)[C@@H](CO)O2)c(=O)[nH]c1=O. The molecular formula is C18H24N10O5. The molecule has 176 valence electrons. The van der Waals surface area contributed by atoms with Crippen LogP contribution >= 0.6 is 0 Å². The second-order valence-corrected chi connectivity index (χ2v) is 8.00. The van der Waals surface area contributed by atoms with E-state index >= 15 is 0 Å². The maximum absolute atomic E-state index is 12.2. The third-order valence-electron chi connectivity index (χ3n) is 5.46. The molecule has 1 fully saturated rings. The lowest BCUT2D eigenvalue weighted by Gasteiger charge is -2.15. The highest BCUT2D eigenvalue weighted by atomic mass is 16.5. The smallest absolute Gasteiger partial charge is 0.330 e. The Morgan fingerprint density at radius 1 is 1.27 bits per heavy atom. The molecule has 15 heteroatoms. The highest BCUT2D eigenvalue weighted by Gasteiger charge is 2.38. The lowest BCUT2D eigenvalue weighted by molar-refractivity contribution is -0.128. The van der Waals surface area contributed by atoms with Gasteiger partial charge in [-0.25, -0.2) is 14.2 Å². The molecule has 0 bridgehead atoms. The van der Waals surface area contributed by atoms with Crippen molar-refractivity contribution in [2.75, 3.05) is 20.7 Å². The molecule has 3 aromatic heterocycles. The Morgan fingerprint density at radius 2 is 2.06 bits per heavy atom. The Balaban J connectivity index is 1.51. The molecule has 0 aliphatic carbocycles. The first-order chi connectivity index (χ1) is 15.8. The molecule has 3 atom stereocenters. The van der Waals surface area contributed by atoms with E-state index in [4.69, 9.17) is 4.74 Å². The predicted octanol–water partition coefficient (Wildman–Crippen LogP) is -2.38. The second-order valence-electron chi connectivity index (χ2n) is 8.00. The third kappa shape index (κ3) is 4.58. The van der Waals surface area contributed by atoms with Crippen molar-refractivity contribution in [3.63, 3.8) is 0 Å². The second kappa shape index (κ2) is 9.03. The number of carbonyl (C=O) groups is 1. The summed E-state index contributed by atoms with van der Waals surface area (Å²) >= 11 is 0. The van der Waals surface area contributed by atoms with Gasteiger partial charge in [0.15, 0.2) is 5.82 Å². The zero-order chi connectivity index (χ0) is 23.7. The van der Waals surface area contributed by atoms with Crippen LogP contribution in [0, 0.1) is 6.92 Å². The quantitative estimate of drug-likeness (QED) is 0.387. The molecule has 0 radical (unpaired) electrons. The number of carbonyl (C=O) groups excluding carboxylic acids is 1. The van der Waals surface area contributed by atoms with Gasteiger partial charge in [0, 0.05) is 32.3 Å². The van der Waals surface area contributed by atoms with Crippen LogP contribution in [-0.4, -0.2) is 87.5 Å². The Hall–Kier alpha value is -3.72. The van der Waals surface area contributed by atoms with E-state index < -0.39 is 29.6 Å². The number of hydrogen-bond acceptors (Lipinski definition) is 10. The Bertz CT molecular complexity index is 1260. The van der Waals surface area contributed by atoms with Crippen LogP contribution in [0.1, 0.15) is 35.8 Å².